The zero-order chi connectivity index (χ0) is 21.1. The van der Waals surface area contributed by atoms with Crippen LogP contribution in [-0.4, -0.2) is 55.7 Å². The lowest BCUT2D eigenvalue weighted by Crippen LogP contribution is -2.42. The number of anilines is 1. The molecule has 1 aliphatic carbocycles. The number of carbonyl (C=O) groups is 2. The van der Waals surface area contributed by atoms with Gasteiger partial charge in [0.25, 0.3) is 0 Å². The number of rotatable bonds is 5. The SMILES string of the molecule is CCOC(=O)C1CCC(N2CCN(c3ccc(C4(C)CCNCC4)cc3)C2=O)CC1.Cl. The van der Waals surface area contributed by atoms with E-state index in [2.05, 4.69) is 36.5 Å². The second kappa shape index (κ2) is 10.2. The highest BCUT2D eigenvalue weighted by molar-refractivity contribution is 5.94. The van der Waals surface area contributed by atoms with Gasteiger partial charge in [-0.05, 0) is 81.6 Å². The number of carbonyl (C=O) groups excluding carboxylic acids is 2. The van der Waals surface area contributed by atoms with Crippen molar-refractivity contribution >= 4 is 30.1 Å². The number of urea groups is 1. The Hall–Kier alpha value is -1.79. The van der Waals surface area contributed by atoms with Gasteiger partial charge in [0.15, 0.2) is 0 Å². The maximum absolute atomic E-state index is 13.1. The highest BCUT2D eigenvalue weighted by Crippen LogP contribution is 2.35. The second-order valence-electron chi connectivity index (χ2n) is 9.24. The Kier molecular flexibility index (Phi) is 7.87. The first-order valence-electron chi connectivity index (χ1n) is 11.6. The number of nitrogens with zero attached hydrogens (tertiary/aromatic N) is 2. The van der Waals surface area contributed by atoms with Gasteiger partial charge >= 0.3 is 12.0 Å². The molecule has 0 atom stereocenters. The fourth-order valence-electron chi connectivity index (χ4n) is 5.33. The molecule has 2 heterocycles. The van der Waals surface area contributed by atoms with E-state index in [9.17, 15) is 9.59 Å². The summed E-state index contributed by atoms with van der Waals surface area (Å²) in [7, 11) is 0. The van der Waals surface area contributed by atoms with Crippen LogP contribution < -0.4 is 10.2 Å². The normalized spacial score (nSPS) is 25.8. The molecule has 1 aromatic carbocycles. The molecule has 2 aliphatic heterocycles. The van der Waals surface area contributed by atoms with Gasteiger partial charge < -0.3 is 15.0 Å². The van der Waals surface area contributed by atoms with E-state index >= 15 is 0 Å². The maximum Gasteiger partial charge on any atom is 0.324 e. The third-order valence-corrected chi connectivity index (χ3v) is 7.38. The van der Waals surface area contributed by atoms with Gasteiger partial charge in [0.2, 0.25) is 0 Å². The Morgan fingerprint density at radius 1 is 1.10 bits per heavy atom. The minimum Gasteiger partial charge on any atom is -0.466 e. The predicted octanol–water partition coefficient (Wildman–Crippen LogP) is 4.11. The Bertz CT molecular complexity index is 756. The van der Waals surface area contributed by atoms with Crippen LogP contribution in [0.1, 0.15) is 57.9 Å². The molecular formula is C24H36ClN3O3. The van der Waals surface area contributed by atoms with Gasteiger partial charge in [0.05, 0.1) is 12.5 Å². The second-order valence-corrected chi connectivity index (χ2v) is 9.24. The molecule has 2 saturated heterocycles. The van der Waals surface area contributed by atoms with Crippen molar-refractivity contribution < 1.29 is 14.3 Å². The summed E-state index contributed by atoms with van der Waals surface area (Å²) in [5, 5.41) is 3.44. The van der Waals surface area contributed by atoms with Gasteiger partial charge in [-0.25, -0.2) is 4.79 Å². The first-order chi connectivity index (χ1) is 14.5. The molecule has 2 amide bonds. The number of nitrogens with one attached hydrogen (secondary N) is 1. The summed E-state index contributed by atoms with van der Waals surface area (Å²) >= 11 is 0. The van der Waals surface area contributed by atoms with Crippen molar-refractivity contribution in [2.75, 3.05) is 37.7 Å². The number of benzene rings is 1. The number of hydrogen-bond donors (Lipinski definition) is 1. The summed E-state index contributed by atoms with van der Waals surface area (Å²) < 4.78 is 5.17. The molecule has 1 saturated carbocycles. The first kappa shape index (κ1) is 23.9. The average Bonchev–Trinajstić information content (AvgIpc) is 3.16. The van der Waals surface area contributed by atoms with Gasteiger partial charge in [-0.1, -0.05) is 19.1 Å². The van der Waals surface area contributed by atoms with Crippen LogP contribution in [0, 0.1) is 5.92 Å². The van der Waals surface area contributed by atoms with Crippen LogP contribution in [0.3, 0.4) is 0 Å². The summed E-state index contributed by atoms with van der Waals surface area (Å²) in [4.78, 5) is 29.0. The molecule has 0 radical (unpaired) electrons. The topological polar surface area (TPSA) is 61.9 Å². The summed E-state index contributed by atoms with van der Waals surface area (Å²) in [6.07, 6.45) is 5.70. The molecule has 3 aliphatic rings. The van der Waals surface area contributed by atoms with E-state index in [0.29, 0.717) is 6.61 Å². The monoisotopic (exact) mass is 449 g/mol. The van der Waals surface area contributed by atoms with Crippen molar-refractivity contribution in [1.82, 2.24) is 10.2 Å². The van der Waals surface area contributed by atoms with E-state index in [-0.39, 0.29) is 41.8 Å². The van der Waals surface area contributed by atoms with Crippen LogP contribution >= 0.6 is 12.4 Å². The molecule has 0 aromatic heterocycles. The molecule has 4 rings (SSSR count). The van der Waals surface area contributed by atoms with E-state index in [0.717, 1.165) is 70.4 Å². The van der Waals surface area contributed by atoms with E-state index in [1.165, 1.54) is 5.56 Å². The molecule has 1 N–H and O–H groups in total. The van der Waals surface area contributed by atoms with Crippen molar-refractivity contribution in [2.24, 2.45) is 5.92 Å². The van der Waals surface area contributed by atoms with Gasteiger partial charge in [0, 0.05) is 24.8 Å². The quantitative estimate of drug-likeness (QED) is 0.687. The summed E-state index contributed by atoms with van der Waals surface area (Å²) in [5.74, 6) is -0.0771. The van der Waals surface area contributed by atoms with Crippen molar-refractivity contribution in [3.05, 3.63) is 29.8 Å². The van der Waals surface area contributed by atoms with Crippen molar-refractivity contribution in [1.29, 1.82) is 0 Å². The Morgan fingerprint density at radius 2 is 1.74 bits per heavy atom. The molecule has 0 bridgehead atoms. The fraction of sp³-hybridized carbons (Fsp3) is 0.667. The van der Waals surface area contributed by atoms with Crippen LogP contribution in [0.5, 0.6) is 0 Å². The number of piperidine rings is 1. The maximum atomic E-state index is 13.1. The van der Waals surface area contributed by atoms with Crippen LogP contribution in [0.15, 0.2) is 24.3 Å². The van der Waals surface area contributed by atoms with Crippen molar-refractivity contribution in [3.8, 4) is 0 Å². The lowest BCUT2D eigenvalue weighted by Gasteiger charge is -2.35. The van der Waals surface area contributed by atoms with E-state index < -0.39 is 0 Å². The van der Waals surface area contributed by atoms with E-state index in [1.54, 1.807) is 0 Å². The van der Waals surface area contributed by atoms with Crippen LogP contribution in [-0.2, 0) is 14.9 Å². The Labute approximate surface area is 192 Å². The molecule has 6 nitrogen and oxygen atoms in total. The third kappa shape index (κ3) is 5.01. The van der Waals surface area contributed by atoms with Crippen LogP contribution in [0.4, 0.5) is 10.5 Å². The highest BCUT2D eigenvalue weighted by Gasteiger charge is 2.38. The molecule has 31 heavy (non-hydrogen) atoms. The third-order valence-electron chi connectivity index (χ3n) is 7.38. The van der Waals surface area contributed by atoms with Crippen LogP contribution in [0.25, 0.3) is 0 Å². The fourth-order valence-corrected chi connectivity index (χ4v) is 5.33. The lowest BCUT2D eigenvalue weighted by atomic mass is 9.75. The Morgan fingerprint density at radius 3 is 2.35 bits per heavy atom. The van der Waals surface area contributed by atoms with Gasteiger partial charge in [-0.3, -0.25) is 9.69 Å². The average molecular weight is 450 g/mol. The number of amides is 2. The summed E-state index contributed by atoms with van der Waals surface area (Å²) in [6.45, 7) is 8.26. The first-order valence-corrected chi connectivity index (χ1v) is 11.6. The zero-order valence-corrected chi connectivity index (χ0v) is 19.6. The highest BCUT2D eigenvalue weighted by atomic mass is 35.5. The predicted molar refractivity (Wildman–Crippen MR) is 125 cm³/mol. The van der Waals surface area contributed by atoms with E-state index in [4.69, 9.17) is 4.74 Å². The molecule has 172 valence electrons. The molecule has 1 aromatic rings. The minimum absolute atomic E-state index is 0. The largest absolute Gasteiger partial charge is 0.466 e. The molecular weight excluding hydrogens is 414 g/mol. The lowest BCUT2D eigenvalue weighted by molar-refractivity contribution is -0.149. The van der Waals surface area contributed by atoms with Crippen molar-refractivity contribution in [3.63, 3.8) is 0 Å². The van der Waals surface area contributed by atoms with E-state index in [1.807, 2.05) is 16.7 Å². The molecule has 7 heteroatoms. The minimum atomic E-state index is -0.0761. The molecule has 3 fully saturated rings. The van der Waals surface area contributed by atoms with Crippen molar-refractivity contribution in [2.45, 2.75) is 63.8 Å². The Balaban J connectivity index is 0.00000272. The summed E-state index contributed by atoms with van der Waals surface area (Å²) in [6, 6.07) is 8.99. The number of hydrogen-bond acceptors (Lipinski definition) is 4. The molecule has 0 unspecified atom stereocenters. The molecule has 0 spiro atoms. The number of halogens is 1. The number of ether oxygens (including phenoxy) is 1. The standard InChI is InChI=1S/C24H35N3O3.ClH/c1-3-30-22(28)18-4-8-20(9-5-18)26-16-17-27(23(26)29)21-10-6-19(7-11-21)24(2)12-14-25-15-13-24;/h6-7,10-11,18,20,25H,3-5,8-9,12-17H2,1-2H3;1H. The number of esters is 1. The van der Waals surface area contributed by atoms with Gasteiger partial charge in [0.1, 0.15) is 0 Å². The van der Waals surface area contributed by atoms with Crippen LogP contribution in [0.2, 0.25) is 0 Å². The smallest absolute Gasteiger partial charge is 0.324 e. The summed E-state index contributed by atoms with van der Waals surface area (Å²) in [5.41, 5.74) is 2.58. The zero-order valence-electron chi connectivity index (χ0n) is 18.8. The van der Waals surface area contributed by atoms with Gasteiger partial charge in [-0.15, -0.1) is 12.4 Å². The van der Waals surface area contributed by atoms with Gasteiger partial charge in [-0.2, -0.15) is 0 Å².